The first kappa shape index (κ1) is 20.3. The topological polar surface area (TPSA) is 75.7 Å². The monoisotopic (exact) mass is 440 g/mol. The molecule has 0 aliphatic heterocycles. The van der Waals surface area contributed by atoms with Crippen molar-refractivity contribution in [1.29, 1.82) is 0 Å². The van der Waals surface area contributed by atoms with Gasteiger partial charge in [-0.3, -0.25) is 9.10 Å². The summed E-state index contributed by atoms with van der Waals surface area (Å²) < 4.78 is 31.9. The average Bonchev–Trinajstić information content (AvgIpc) is 2.53. The van der Waals surface area contributed by atoms with Gasteiger partial charge in [-0.05, 0) is 50.2 Å². The van der Waals surface area contributed by atoms with Crippen molar-refractivity contribution in [2.45, 2.75) is 20.0 Å². The fourth-order valence-electron chi connectivity index (χ4n) is 2.25. The van der Waals surface area contributed by atoms with Gasteiger partial charge in [0.2, 0.25) is 15.9 Å². The Labute approximate surface area is 162 Å². The number of carbonyl (C=O) groups is 1. The van der Waals surface area contributed by atoms with Crippen LogP contribution in [0.15, 0.2) is 53.0 Å². The fraction of sp³-hybridized carbons (Fsp3) is 0.278. The predicted molar refractivity (Wildman–Crippen MR) is 107 cm³/mol. The van der Waals surface area contributed by atoms with E-state index < -0.39 is 15.9 Å². The highest BCUT2D eigenvalue weighted by Crippen LogP contribution is 2.24. The van der Waals surface area contributed by atoms with E-state index in [1.807, 2.05) is 13.8 Å². The molecule has 2 aromatic carbocycles. The molecular weight excluding hydrogens is 420 g/mol. The van der Waals surface area contributed by atoms with Gasteiger partial charge in [0, 0.05) is 16.2 Å². The van der Waals surface area contributed by atoms with Crippen LogP contribution >= 0.6 is 15.9 Å². The molecular formula is C18H21BrN2O4S. The van der Waals surface area contributed by atoms with Crippen LogP contribution in [-0.2, 0) is 14.8 Å². The molecule has 0 aliphatic rings. The van der Waals surface area contributed by atoms with E-state index in [0.717, 1.165) is 15.0 Å². The molecule has 0 heterocycles. The Morgan fingerprint density at radius 1 is 1.19 bits per heavy atom. The molecule has 0 aliphatic carbocycles. The first-order chi connectivity index (χ1) is 12.1. The number of halogens is 1. The summed E-state index contributed by atoms with van der Waals surface area (Å²) in [5.74, 6) is 0.104. The standard InChI is InChI=1S/C18H21BrN2O4S/c1-13(2)25-17-6-4-5-16(11-17)21(26(3,23)24)12-18(22)20-15-9-7-14(19)8-10-15/h4-11,13H,12H2,1-3H3,(H,20,22). The van der Waals surface area contributed by atoms with Crippen molar-refractivity contribution in [2.24, 2.45) is 0 Å². The molecule has 0 radical (unpaired) electrons. The number of benzene rings is 2. The minimum atomic E-state index is -3.65. The van der Waals surface area contributed by atoms with Gasteiger partial charge < -0.3 is 10.1 Å². The predicted octanol–water partition coefficient (Wildman–Crippen LogP) is 3.64. The molecule has 2 rings (SSSR count). The number of hydrogen-bond acceptors (Lipinski definition) is 4. The zero-order valence-corrected chi connectivity index (χ0v) is 17.2. The van der Waals surface area contributed by atoms with E-state index in [9.17, 15) is 13.2 Å². The van der Waals surface area contributed by atoms with E-state index in [-0.39, 0.29) is 12.6 Å². The lowest BCUT2D eigenvalue weighted by Gasteiger charge is -2.22. The first-order valence-corrected chi connectivity index (χ1v) is 10.6. The van der Waals surface area contributed by atoms with Crippen molar-refractivity contribution in [3.63, 3.8) is 0 Å². The number of sulfonamides is 1. The quantitative estimate of drug-likeness (QED) is 0.712. The van der Waals surface area contributed by atoms with Gasteiger partial charge in [0.05, 0.1) is 18.0 Å². The molecule has 0 aromatic heterocycles. The van der Waals surface area contributed by atoms with E-state index in [2.05, 4.69) is 21.2 Å². The van der Waals surface area contributed by atoms with E-state index in [1.54, 1.807) is 48.5 Å². The van der Waals surface area contributed by atoms with E-state index >= 15 is 0 Å². The van der Waals surface area contributed by atoms with Gasteiger partial charge in [0.15, 0.2) is 0 Å². The number of rotatable bonds is 7. The minimum Gasteiger partial charge on any atom is -0.491 e. The second-order valence-electron chi connectivity index (χ2n) is 5.99. The largest absolute Gasteiger partial charge is 0.491 e. The molecule has 0 unspecified atom stereocenters. The number of nitrogens with zero attached hydrogens (tertiary/aromatic N) is 1. The van der Waals surface area contributed by atoms with Crippen LogP contribution in [0.2, 0.25) is 0 Å². The summed E-state index contributed by atoms with van der Waals surface area (Å²) in [4.78, 5) is 12.3. The number of anilines is 2. The maximum absolute atomic E-state index is 12.3. The normalized spacial score (nSPS) is 11.3. The molecule has 0 fully saturated rings. The highest BCUT2D eigenvalue weighted by Gasteiger charge is 2.21. The third kappa shape index (κ3) is 6.03. The highest BCUT2D eigenvalue weighted by molar-refractivity contribution is 9.10. The van der Waals surface area contributed by atoms with E-state index in [4.69, 9.17) is 4.74 Å². The summed E-state index contributed by atoms with van der Waals surface area (Å²) >= 11 is 3.32. The Morgan fingerprint density at radius 3 is 2.42 bits per heavy atom. The molecule has 0 bridgehead atoms. The molecule has 1 amide bonds. The van der Waals surface area contributed by atoms with Crippen molar-refractivity contribution in [3.05, 3.63) is 53.0 Å². The number of ether oxygens (including phenoxy) is 1. The van der Waals surface area contributed by atoms with Crippen LogP contribution in [0.1, 0.15) is 13.8 Å². The van der Waals surface area contributed by atoms with Crippen LogP contribution in [0.4, 0.5) is 11.4 Å². The summed E-state index contributed by atoms with van der Waals surface area (Å²) in [6.07, 6.45) is 1.02. The molecule has 26 heavy (non-hydrogen) atoms. The Balaban J connectivity index is 2.20. The molecule has 0 spiro atoms. The Hall–Kier alpha value is -2.06. The SMILES string of the molecule is CC(C)Oc1cccc(N(CC(=O)Nc2ccc(Br)cc2)S(C)(=O)=O)c1. The van der Waals surface area contributed by atoms with Gasteiger partial charge in [-0.1, -0.05) is 22.0 Å². The van der Waals surface area contributed by atoms with Crippen LogP contribution < -0.4 is 14.4 Å². The highest BCUT2D eigenvalue weighted by atomic mass is 79.9. The van der Waals surface area contributed by atoms with E-state index in [0.29, 0.717) is 17.1 Å². The minimum absolute atomic E-state index is 0.0439. The maximum Gasteiger partial charge on any atom is 0.245 e. The average molecular weight is 441 g/mol. The van der Waals surface area contributed by atoms with Gasteiger partial charge in [0.1, 0.15) is 12.3 Å². The molecule has 140 valence electrons. The number of hydrogen-bond donors (Lipinski definition) is 1. The van der Waals surface area contributed by atoms with Crippen LogP contribution in [0.3, 0.4) is 0 Å². The Bertz CT molecular complexity index is 867. The molecule has 8 heteroatoms. The Kier molecular flexibility index (Phi) is 6.66. The molecule has 6 nitrogen and oxygen atoms in total. The van der Waals surface area contributed by atoms with Crippen LogP contribution in [-0.4, -0.2) is 33.2 Å². The smallest absolute Gasteiger partial charge is 0.245 e. The molecule has 2 aromatic rings. The molecule has 1 N–H and O–H groups in total. The maximum atomic E-state index is 12.3. The van der Waals surface area contributed by atoms with Gasteiger partial charge >= 0.3 is 0 Å². The molecule has 0 atom stereocenters. The third-order valence-electron chi connectivity index (χ3n) is 3.29. The second kappa shape index (κ2) is 8.55. The van der Waals surface area contributed by atoms with Crippen LogP contribution in [0.25, 0.3) is 0 Å². The number of carbonyl (C=O) groups excluding carboxylic acids is 1. The Morgan fingerprint density at radius 2 is 1.85 bits per heavy atom. The van der Waals surface area contributed by atoms with Gasteiger partial charge in [-0.2, -0.15) is 0 Å². The van der Waals surface area contributed by atoms with E-state index in [1.165, 1.54) is 0 Å². The number of amides is 1. The summed E-state index contributed by atoms with van der Waals surface area (Å²) in [5, 5.41) is 2.69. The summed E-state index contributed by atoms with van der Waals surface area (Å²) in [7, 11) is -3.65. The van der Waals surface area contributed by atoms with Crippen molar-refractivity contribution in [3.8, 4) is 5.75 Å². The van der Waals surface area contributed by atoms with Gasteiger partial charge in [-0.25, -0.2) is 8.42 Å². The third-order valence-corrected chi connectivity index (χ3v) is 4.96. The second-order valence-corrected chi connectivity index (χ2v) is 8.81. The zero-order valence-electron chi connectivity index (χ0n) is 14.8. The summed E-state index contributed by atoms with van der Waals surface area (Å²) in [6, 6.07) is 13.7. The fourth-order valence-corrected chi connectivity index (χ4v) is 3.36. The van der Waals surface area contributed by atoms with Gasteiger partial charge in [-0.15, -0.1) is 0 Å². The van der Waals surface area contributed by atoms with Crippen molar-refractivity contribution in [2.75, 3.05) is 22.4 Å². The molecule has 0 saturated heterocycles. The van der Waals surface area contributed by atoms with Gasteiger partial charge in [0.25, 0.3) is 0 Å². The van der Waals surface area contributed by atoms with Crippen molar-refractivity contribution in [1.82, 2.24) is 0 Å². The molecule has 0 saturated carbocycles. The van der Waals surface area contributed by atoms with Crippen LogP contribution in [0.5, 0.6) is 5.75 Å². The van der Waals surface area contributed by atoms with Crippen molar-refractivity contribution < 1.29 is 17.9 Å². The first-order valence-electron chi connectivity index (χ1n) is 7.95. The zero-order chi connectivity index (χ0) is 19.3. The lowest BCUT2D eigenvalue weighted by atomic mass is 10.3. The summed E-state index contributed by atoms with van der Waals surface area (Å²) in [6.45, 7) is 3.43. The lowest BCUT2D eigenvalue weighted by Crippen LogP contribution is -2.37. The summed E-state index contributed by atoms with van der Waals surface area (Å²) in [5.41, 5.74) is 0.958. The van der Waals surface area contributed by atoms with Crippen molar-refractivity contribution >= 4 is 43.2 Å². The number of nitrogens with one attached hydrogen (secondary N) is 1. The van der Waals surface area contributed by atoms with Crippen LogP contribution in [0, 0.1) is 0 Å². The lowest BCUT2D eigenvalue weighted by molar-refractivity contribution is -0.114.